The lowest BCUT2D eigenvalue weighted by Crippen LogP contribution is -2.07. The second-order valence-electron chi connectivity index (χ2n) is 4.15. The number of carbonyl (C=O) groups excluding carboxylic acids is 1. The number of rotatable bonds is 3. The summed E-state index contributed by atoms with van der Waals surface area (Å²) in [6.45, 7) is 2.15. The Kier molecular flexibility index (Phi) is 3.04. The maximum Gasteiger partial charge on any atom is 0.211 e. The van der Waals surface area contributed by atoms with Gasteiger partial charge in [0.05, 0.1) is 0 Å². The summed E-state index contributed by atoms with van der Waals surface area (Å²) in [6, 6.07) is 5.96. The summed E-state index contributed by atoms with van der Waals surface area (Å²) in [4.78, 5) is 11.8. The SMILES string of the molecule is CCCCc1ccc2c(c1)C(=O)C(=NO)C2. The van der Waals surface area contributed by atoms with Crippen LogP contribution in [0, 0.1) is 0 Å². The first-order chi connectivity index (χ1) is 7.76. The molecule has 0 unspecified atom stereocenters. The van der Waals surface area contributed by atoms with Crippen molar-refractivity contribution in [1.82, 2.24) is 0 Å². The van der Waals surface area contributed by atoms with E-state index < -0.39 is 0 Å². The van der Waals surface area contributed by atoms with Crippen LogP contribution in [0.3, 0.4) is 0 Å². The molecule has 84 valence electrons. The van der Waals surface area contributed by atoms with Gasteiger partial charge in [0, 0.05) is 12.0 Å². The van der Waals surface area contributed by atoms with E-state index in [2.05, 4.69) is 18.1 Å². The maximum absolute atomic E-state index is 11.8. The van der Waals surface area contributed by atoms with Crippen molar-refractivity contribution >= 4 is 11.5 Å². The Bertz CT molecular complexity index is 449. The number of Topliss-reactive ketones (excluding diaryl/α,β-unsaturated/α-hetero) is 1. The number of benzene rings is 1. The molecule has 3 nitrogen and oxygen atoms in total. The predicted molar refractivity (Wildman–Crippen MR) is 62.3 cm³/mol. The summed E-state index contributed by atoms with van der Waals surface area (Å²) in [7, 11) is 0. The average Bonchev–Trinajstić information content (AvgIpc) is 2.63. The first-order valence-electron chi connectivity index (χ1n) is 5.63. The third-order valence-corrected chi connectivity index (χ3v) is 2.98. The van der Waals surface area contributed by atoms with Crippen LogP contribution in [0.4, 0.5) is 0 Å². The van der Waals surface area contributed by atoms with E-state index in [1.165, 1.54) is 5.56 Å². The second kappa shape index (κ2) is 4.47. The van der Waals surface area contributed by atoms with Gasteiger partial charge in [-0.2, -0.15) is 0 Å². The highest BCUT2D eigenvalue weighted by Gasteiger charge is 2.26. The van der Waals surface area contributed by atoms with E-state index in [0.29, 0.717) is 12.0 Å². The number of ketones is 1. The van der Waals surface area contributed by atoms with Crippen LogP contribution in [0.15, 0.2) is 23.4 Å². The molecule has 3 heteroatoms. The predicted octanol–water partition coefficient (Wildman–Crippen LogP) is 2.60. The molecule has 0 radical (unpaired) electrons. The van der Waals surface area contributed by atoms with Crippen molar-refractivity contribution in [3.05, 3.63) is 34.9 Å². The number of nitrogens with zero attached hydrogens (tertiary/aromatic N) is 1. The minimum absolute atomic E-state index is 0.129. The number of oxime groups is 1. The fourth-order valence-electron chi connectivity index (χ4n) is 2.02. The van der Waals surface area contributed by atoms with E-state index in [9.17, 15) is 4.79 Å². The Morgan fingerprint density at radius 3 is 2.94 bits per heavy atom. The summed E-state index contributed by atoms with van der Waals surface area (Å²) in [5.41, 5.74) is 3.12. The monoisotopic (exact) mass is 217 g/mol. The molecule has 0 heterocycles. The van der Waals surface area contributed by atoms with Gasteiger partial charge in [0.1, 0.15) is 5.71 Å². The van der Waals surface area contributed by atoms with E-state index in [4.69, 9.17) is 5.21 Å². The molecule has 0 amide bonds. The van der Waals surface area contributed by atoms with Gasteiger partial charge < -0.3 is 5.21 Å². The van der Waals surface area contributed by atoms with Crippen LogP contribution < -0.4 is 0 Å². The van der Waals surface area contributed by atoms with Crippen molar-refractivity contribution in [1.29, 1.82) is 0 Å². The van der Waals surface area contributed by atoms with Crippen LogP contribution >= 0.6 is 0 Å². The fourth-order valence-corrected chi connectivity index (χ4v) is 2.02. The Morgan fingerprint density at radius 1 is 1.44 bits per heavy atom. The summed E-state index contributed by atoms with van der Waals surface area (Å²) < 4.78 is 0. The molecular weight excluding hydrogens is 202 g/mol. The van der Waals surface area contributed by atoms with Crippen LogP contribution in [0.25, 0.3) is 0 Å². The molecule has 0 spiro atoms. The molecule has 1 aliphatic rings. The number of unbranched alkanes of at least 4 members (excludes halogenated alkanes) is 1. The zero-order chi connectivity index (χ0) is 11.5. The van der Waals surface area contributed by atoms with Gasteiger partial charge in [-0.25, -0.2) is 0 Å². The minimum Gasteiger partial charge on any atom is -0.411 e. The van der Waals surface area contributed by atoms with Crippen molar-refractivity contribution in [3.8, 4) is 0 Å². The van der Waals surface area contributed by atoms with Gasteiger partial charge >= 0.3 is 0 Å². The number of aryl methyl sites for hydroxylation is 1. The fraction of sp³-hybridized carbons (Fsp3) is 0.385. The van der Waals surface area contributed by atoms with Crippen molar-refractivity contribution in [2.45, 2.75) is 32.6 Å². The minimum atomic E-state index is -0.129. The van der Waals surface area contributed by atoms with E-state index in [1.54, 1.807) is 0 Å². The Labute approximate surface area is 94.8 Å². The van der Waals surface area contributed by atoms with Crippen molar-refractivity contribution in [2.75, 3.05) is 0 Å². The van der Waals surface area contributed by atoms with Crippen molar-refractivity contribution in [2.24, 2.45) is 5.16 Å². The zero-order valence-electron chi connectivity index (χ0n) is 9.36. The maximum atomic E-state index is 11.8. The van der Waals surface area contributed by atoms with Crippen LogP contribution in [0.5, 0.6) is 0 Å². The standard InChI is InChI=1S/C13H15NO2/c1-2-3-4-9-5-6-10-8-12(14-16)13(15)11(10)7-9/h5-7,16H,2-4,8H2,1H3. The largest absolute Gasteiger partial charge is 0.411 e. The number of carbonyl (C=O) groups is 1. The van der Waals surface area contributed by atoms with E-state index in [-0.39, 0.29) is 11.5 Å². The van der Waals surface area contributed by atoms with Gasteiger partial charge in [0.2, 0.25) is 5.78 Å². The van der Waals surface area contributed by atoms with Crippen molar-refractivity contribution in [3.63, 3.8) is 0 Å². The molecule has 1 aliphatic carbocycles. The molecular formula is C13H15NO2. The van der Waals surface area contributed by atoms with E-state index in [1.807, 2.05) is 12.1 Å². The van der Waals surface area contributed by atoms with E-state index in [0.717, 1.165) is 24.8 Å². The van der Waals surface area contributed by atoms with Gasteiger partial charge in [-0.3, -0.25) is 4.79 Å². The molecule has 0 aliphatic heterocycles. The van der Waals surface area contributed by atoms with Gasteiger partial charge in [0.15, 0.2) is 0 Å². The number of hydrogen-bond acceptors (Lipinski definition) is 3. The molecule has 0 atom stereocenters. The molecule has 0 saturated heterocycles. The average molecular weight is 217 g/mol. The highest BCUT2D eigenvalue weighted by atomic mass is 16.4. The summed E-state index contributed by atoms with van der Waals surface area (Å²) in [5, 5.41) is 11.7. The molecule has 0 aromatic heterocycles. The molecule has 1 aromatic carbocycles. The molecule has 0 fully saturated rings. The van der Waals surface area contributed by atoms with Gasteiger partial charge in [0.25, 0.3) is 0 Å². The van der Waals surface area contributed by atoms with Crippen LogP contribution in [0.2, 0.25) is 0 Å². The van der Waals surface area contributed by atoms with Gasteiger partial charge in [-0.15, -0.1) is 0 Å². The smallest absolute Gasteiger partial charge is 0.211 e. The first kappa shape index (κ1) is 10.9. The zero-order valence-corrected chi connectivity index (χ0v) is 9.36. The quantitative estimate of drug-likeness (QED) is 0.625. The highest BCUT2D eigenvalue weighted by molar-refractivity contribution is 6.49. The van der Waals surface area contributed by atoms with Crippen molar-refractivity contribution < 1.29 is 10.0 Å². The Hall–Kier alpha value is -1.64. The summed E-state index contributed by atoms with van der Waals surface area (Å²) in [6.07, 6.45) is 3.74. The molecule has 0 saturated carbocycles. The topological polar surface area (TPSA) is 49.7 Å². The number of fused-ring (bicyclic) bond motifs is 1. The first-order valence-corrected chi connectivity index (χ1v) is 5.63. The molecule has 1 N–H and O–H groups in total. The molecule has 2 rings (SSSR count). The Balaban J connectivity index is 2.28. The lowest BCUT2D eigenvalue weighted by atomic mass is 10.0. The van der Waals surface area contributed by atoms with Crippen LogP contribution in [-0.4, -0.2) is 16.7 Å². The third kappa shape index (κ3) is 1.85. The summed E-state index contributed by atoms with van der Waals surface area (Å²) >= 11 is 0. The summed E-state index contributed by atoms with van der Waals surface area (Å²) in [5.74, 6) is -0.129. The van der Waals surface area contributed by atoms with Gasteiger partial charge in [-0.05, 0) is 30.0 Å². The highest BCUT2D eigenvalue weighted by Crippen LogP contribution is 2.22. The Morgan fingerprint density at radius 2 is 2.25 bits per heavy atom. The van der Waals surface area contributed by atoms with Gasteiger partial charge in [-0.1, -0.05) is 30.6 Å². The second-order valence-corrected chi connectivity index (χ2v) is 4.15. The third-order valence-electron chi connectivity index (χ3n) is 2.98. The lowest BCUT2D eigenvalue weighted by Gasteiger charge is -2.02. The normalized spacial score (nSPS) is 16.8. The van der Waals surface area contributed by atoms with E-state index >= 15 is 0 Å². The lowest BCUT2D eigenvalue weighted by molar-refractivity contribution is 0.106. The molecule has 0 bridgehead atoms. The van der Waals surface area contributed by atoms with Crippen LogP contribution in [-0.2, 0) is 12.8 Å². The molecule has 1 aromatic rings. The number of hydrogen-bond donors (Lipinski definition) is 1. The molecule has 16 heavy (non-hydrogen) atoms. The van der Waals surface area contributed by atoms with Crippen LogP contribution in [0.1, 0.15) is 41.3 Å².